The molecule has 0 atom stereocenters. The maximum atomic E-state index is 12.7. The number of rotatable bonds is 4. The molecule has 5 nitrogen and oxygen atoms in total. The third-order valence-electron chi connectivity index (χ3n) is 5.04. The molecular formula is C22H23N3O2. The largest absolute Gasteiger partial charge is 0.367 e. The van der Waals surface area contributed by atoms with Crippen molar-refractivity contribution in [1.82, 2.24) is 4.90 Å². The first-order valence-corrected chi connectivity index (χ1v) is 9.21. The van der Waals surface area contributed by atoms with Gasteiger partial charge in [-0.3, -0.25) is 9.59 Å². The van der Waals surface area contributed by atoms with Crippen molar-refractivity contribution in [3.8, 4) is 6.07 Å². The Kier molecular flexibility index (Phi) is 5.56. The number of carbonyl (C=O) groups is 2. The molecule has 1 amide bonds. The van der Waals surface area contributed by atoms with E-state index in [0.717, 1.165) is 12.1 Å². The van der Waals surface area contributed by atoms with Gasteiger partial charge in [-0.2, -0.15) is 5.26 Å². The average molecular weight is 361 g/mol. The highest BCUT2D eigenvalue weighted by molar-refractivity contribution is 5.96. The Bertz CT molecular complexity index is 889. The molecule has 0 spiro atoms. The fraction of sp³-hybridized carbons (Fsp3) is 0.318. The van der Waals surface area contributed by atoms with E-state index in [1.807, 2.05) is 29.2 Å². The number of benzene rings is 2. The van der Waals surface area contributed by atoms with Crippen molar-refractivity contribution >= 4 is 17.4 Å². The van der Waals surface area contributed by atoms with E-state index in [9.17, 15) is 14.9 Å². The van der Waals surface area contributed by atoms with Gasteiger partial charge < -0.3 is 9.80 Å². The number of amides is 1. The second kappa shape index (κ2) is 8.05. The first kappa shape index (κ1) is 18.7. The van der Waals surface area contributed by atoms with E-state index in [0.29, 0.717) is 42.9 Å². The number of aryl methyl sites for hydroxylation is 1. The molecule has 1 aliphatic rings. The van der Waals surface area contributed by atoms with Crippen molar-refractivity contribution in [3.05, 3.63) is 64.7 Å². The van der Waals surface area contributed by atoms with Crippen LogP contribution in [-0.2, 0) is 6.42 Å². The van der Waals surface area contributed by atoms with Crippen LogP contribution in [0.4, 0.5) is 5.69 Å². The van der Waals surface area contributed by atoms with E-state index in [-0.39, 0.29) is 11.7 Å². The lowest BCUT2D eigenvalue weighted by atomic mass is 10.1. The van der Waals surface area contributed by atoms with Crippen LogP contribution in [0.5, 0.6) is 0 Å². The molecule has 0 aliphatic carbocycles. The third kappa shape index (κ3) is 4.01. The SMILES string of the molecule is CCc1ccc(C(=O)N2CCN(c3cc(C(C)=O)ccc3C#N)CC2)cc1. The molecule has 2 aromatic carbocycles. The quantitative estimate of drug-likeness (QED) is 0.784. The van der Waals surface area contributed by atoms with Gasteiger partial charge in [0.05, 0.1) is 11.3 Å². The number of nitrogens with zero attached hydrogens (tertiary/aromatic N) is 3. The molecule has 3 rings (SSSR count). The van der Waals surface area contributed by atoms with Gasteiger partial charge in [0.2, 0.25) is 0 Å². The highest BCUT2D eigenvalue weighted by atomic mass is 16.2. The van der Waals surface area contributed by atoms with Crippen molar-refractivity contribution < 1.29 is 9.59 Å². The Morgan fingerprint density at radius 1 is 1.00 bits per heavy atom. The normalized spacial score (nSPS) is 14.0. The molecule has 27 heavy (non-hydrogen) atoms. The average Bonchev–Trinajstić information content (AvgIpc) is 2.73. The molecule has 0 saturated carbocycles. The molecule has 1 aliphatic heterocycles. The second-order valence-electron chi connectivity index (χ2n) is 6.73. The van der Waals surface area contributed by atoms with Crippen LogP contribution in [0.3, 0.4) is 0 Å². The summed E-state index contributed by atoms with van der Waals surface area (Å²) in [5, 5.41) is 9.38. The summed E-state index contributed by atoms with van der Waals surface area (Å²) in [6, 6.07) is 15.1. The Morgan fingerprint density at radius 2 is 1.63 bits per heavy atom. The summed E-state index contributed by atoms with van der Waals surface area (Å²) in [5.74, 6) is 0.0142. The number of anilines is 1. The third-order valence-corrected chi connectivity index (χ3v) is 5.04. The highest BCUT2D eigenvalue weighted by Crippen LogP contribution is 2.24. The molecule has 0 aromatic heterocycles. The van der Waals surface area contributed by atoms with E-state index < -0.39 is 0 Å². The van der Waals surface area contributed by atoms with Gasteiger partial charge in [0.1, 0.15) is 6.07 Å². The standard InChI is InChI=1S/C22H23N3O2/c1-3-17-4-6-18(7-5-17)22(27)25-12-10-24(11-13-25)21-14-19(16(2)26)8-9-20(21)15-23/h4-9,14H,3,10-13H2,1-2H3. The van der Waals surface area contributed by atoms with Crippen LogP contribution in [0.1, 0.15) is 45.7 Å². The Morgan fingerprint density at radius 3 is 2.19 bits per heavy atom. The zero-order valence-electron chi connectivity index (χ0n) is 15.7. The highest BCUT2D eigenvalue weighted by Gasteiger charge is 2.24. The summed E-state index contributed by atoms with van der Waals surface area (Å²) in [7, 11) is 0. The Labute approximate surface area is 159 Å². The van der Waals surface area contributed by atoms with Gasteiger partial charge in [-0.1, -0.05) is 19.1 Å². The summed E-state index contributed by atoms with van der Waals surface area (Å²) in [4.78, 5) is 28.3. The van der Waals surface area contributed by atoms with Gasteiger partial charge >= 0.3 is 0 Å². The fourth-order valence-corrected chi connectivity index (χ4v) is 3.32. The monoisotopic (exact) mass is 361 g/mol. The first-order valence-electron chi connectivity index (χ1n) is 9.21. The van der Waals surface area contributed by atoms with Crippen LogP contribution in [0.15, 0.2) is 42.5 Å². The van der Waals surface area contributed by atoms with E-state index in [2.05, 4.69) is 17.9 Å². The lowest BCUT2D eigenvalue weighted by molar-refractivity contribution is 0.0746. The summed E-state index contributed by atoms with van der Waals surface area (Å²) in [5.41, 5.74) is 3.83. The lowest BCUT2D eigenvalue weighted by Crippen LogP contribution is -2.49. The van der Waals surface area contributed by atoms with E-state index in [4.69, 9.17) is 0 Å². The molecule has 5 heteroatoms. The van der Waals surface area contributed by atoms with Gasteiger partial charge in [0, 0.05) is 37.3 Å². The number of hydrogen-bond acceptors (Lipinski definition) is 4. The number of nitriles is 1. The molecule has 138 valence electrons. The molecule has 0 N–H and O–H groups in total. The van der Waals surface area contributed by atoms with E-state index >= 15 is 0 Å². The van der Waals surface area contributed by atoms with Crippen molar-refractivity contribution in [2.45, 2.75) is 20.3 Å². The maximum absolute atomic E-state index is 12.7. The van der Waals surface area contributed by atoms with Crippen LogP contribution in [0, 0.1) is 11.3 Å². The van der Waals surface area contributed by atoms with Crippen LogP contribution < -0.4 is 4.90 Å². The molecule has 0 bridgehead atoms. The maximum Gasteiger partial charge on any atom is 0.253 e. The second-order valence-corrected chi connectivity index (χ2v) is 6.73. The Balaban J connectivity index is 1.71. The van der Waals surface area contributed by atoms with Crippen LogP contribution in [0.2, 0.25) is 0 Å². The molecule has 0 unspecified atom stereocenters. The van der Waals surface area contributed by atoms with Gasteiger partial charge in [-0.15, -0.1) is 0 Å². The van der Waals surface area contributed by atoms with Crippen LogP contribution in [0.25, 0.3) is 0 Å². The van der Waals surface area contributed by atoms with Crippen molar-refractivity contribution in [3.63, 3.8) is 0 Å². The minimum absolute atomic E-state index is 0.0231. The zero-order chi connectivity index (χ0) is 19.4. The van der Waals surface area contributed by atoms with Gasteiger partial charge in [-0.25, -0.2) is 0 Å². The van der Waals surface area contributed by atoms with Gasteiger partial charge in [0.25, 0.3) is 5.91 Å². The lowest BCUT2D eigenvalue weighted by Gasteiger charge is -2.36. The molecule has 1 fully saturated rings. The van der Waals surface area contributed by atoms with Gasteiger partial charge in [0.15, 0.2) is 5.78 Å². The molecule has 1 saturated heterocycles. The predicted octanol–water partition coefficient (Wildman–Crippen LogP) is 3.29. The Hall–Kier alpha value is -3.13. The fourth-order valence-electron chi connectivity index (χ4n) is 3.32. The van der Waals surface area contributed by atoms with Crippen LogP contribution in [-0.4, -0.2) is 42.8 Å². The smallest absolute Gasteiger partial charge is 0.253 e. The zero-order valence-corrected chi connectivity index (χ0v) is 15.7. The number of carbonyl (C=O) groups excluding carboxylic acids is 2. The summed E-state index contributed by atoms with van der Waals surface area (Å²) >= 11 is 0. The molecule has 0 radical (unpaired) electrons. The number of piperazine rings is 1. The molecule has 1 heterocycles. The predicted molar refractivity (Wildman–Crippen MR) is 105 cm³/mol. The number of hydrogen-bond donors (Lipinski definition) is 0. The minimum atomic E-state index is -0.0231. The van der Waals surface area contributed by atoms with Crippen molar-refractivity contribution in [1.29, 1.82) is 5.26 Å². The minimum Gasteiger partial charge on any atom is -0.367 e. The summed E-state index contributed by atoms with van der Waals surface area (Å²) in [6.07, 6.45) is 0.952. The number of ketones is 1. The van der Waals surface area contributed by atoms with Gasteiger partial charge in [-0.05, 0) is 49.2 Å². The van der Waals surface area contributed by atoms with E-state index in [1.165, 1.54) is 12.5 Å². The van der Waals surface area contributed by atoms with E-state index in [1.54, 1.807) is 18.2 Å². The van der Waals surface area contributed by atoms with Crippen molar-refractivity contribution in [2.75, 3.05) is 31.1 Å². The van der Waals surface area contributed by atoms with Crippen molar-refractivity contribution in [2.24, 2.45) is 0 Å². The number of Topliss-reactive ketones (excluding diaryl/α,β-unsaturated/α-hetero) is 1. The summed E-state index contributed by atoms with van der Waals surface area (Å²) in [6.45, 7) is 6.05. The summed E-state index contributed by atoms with van der Waals surface area (Å²) < 4.78 is 0. The van der Waals surface area contributed by atoms with Crippen LogP contribution >= 0.6 is 0 Å². The topological polar surface area (TPSA) is 64.4 Å². The molecule has 2 aromatic rings. The molecular weight excluding hydrogens is 338 g/mol. The first-order chi connectivity index (χ1) is 13.0.